The van der Waals surface area contributed by atoms with Crippen molar-refractivity contribution in [1.29, 1.82) is 0 Å². The highest BCUT2D eigenvalue weighted by Crippen LogP contribution is 2.66. The standard InChI is InChI=1S/C18H25NO3/c1-19-7-6-18-12-4-2-11(9-20)17(18)22-16-14(21)5-3-10(15(16)18)8-13(12)19/h2,4,10,13-17,20-21H,3,5-9H2,1H3/t10?,13-,14?,15?,16?,17+,18+/m1/s1. The fraction of sp³-hybridized carbons (Fsp3) is 0.778. The molecule has 4 heteroatoms. The molecule has 120 valence electrons. The van der Waals surface area contributed by atoms with E-state index in [4.69, 9.17) is 4.74 Å². The monoisotopic (exact) mass is 303 g/mol. The largest absolute Gasteiger partial charge is 0.392 e. The molecule has 4 fully saturated rings. The van der Waals surface area contributed by atoms with Crippen LogP contribution in [0, 0.1) is 17.3 Å². The molecule has 4 nitrogen and oxygen atoms in total. The lowest BCUT2D eigenvalue weighted by atomic mass is 9.48. The maximum atomic E-state index is 10.5. The zero-order valence-electron chi connectivity index (χ0n) is 13.1. The van der Waals surface area contributed by atoms with Gasteiger partial charge in [0.2, 0.25) is 0 Å². The Balaban J connectivity index is 1.71. The molecule has 5 aliphatic rings. The number of hydrogen-bond acceptors (Lipinski definition) is 4. The molecule has 4 unspecified atom stereocenters. The van der Waals surface area contributed by atoms with Gasteiger partial charge in [-0.2, -0.15) is 0 Å². The summed E-state index contributed by atoms with van der Waals surface area (Å²) in [6.07, 6.45) is 8.24. The van der Waals surface area contributed by atoms with Gasteiger partial charge in [-0.1, -0.05) is 12.2 Å². The summed E-state index contributed by atoms with van der Waals surface area (Å²) >= 11 is 0. The second-order valence-electron chi connectivity index (χ2n) is 7.96. The average molecular weight is 303 g/mol. The highest BCUT2D eigenvalue weighted by molar-refractivity contribution is 5.44. The Bertz CT molecular complexity index is 571. The maximum absolute atomic E-state index is 10.5. The normalized spacial score (nSPS) is 52.9. The van der Waals surface area contributed by atoms with E-state index in [1.54, 1.807) is 0 Å². The Hall–Kier alpha value is -0.680. The Kier molecular flexibility index (Phi) is 2.77. The number of rotatable bonds is 1. The van der Waals surface area contributed by atoms with Gasteiger partial charge in [0.15, 0.2) is 0 Å². The number of nitrogens with zero attached hydrogens (tertiary/aromatic N) is 1. The number of likely N-dealkylation sites (tertiary alicyclic amines) is 1. The van der Waals surface area contributed by atoms with E-state index in [0.717, 1.165) is 31.4 Å². The molecule has 2 saturated heterocycles. The minimum Gasteiger partial charge on any atom is -0.392 e. The number of piperidine rings is 1. The average Bonchev–Trinajstić information content (AvgIpc) is 2.88. The zero-order valence-corrected chi connectivity index (χ0v) is 13.1. The van der Waals surface area contributed by atoms with Crippen LogP contribution in [0.4, 0.5) is 0 Å². The molecule has 2 bridgehead atoms. The SMILES string of the molecule is CN1CC[C@@]23C4=CC=C(CO)[C@@H]2OC2C(O)CCC(C[C@H]41)C23. The minimum absolute atomic E-state index is 0.0146. The molecule has 0 radical (unpaired) electrons. The lowest BCUT2D eigenvalue weighted by Gasteiger charge is -2.59. The third-order valence-corrected chi connectivity index (χ3v) is 7.26. The van der Waals surface area contributed by atoms with Gasteiger partial charge in [0.25, 0.3) is 0 Å². The minimum atomic E-state index is -0.335. The van der Waals surface area contributed by atoms with E-state index in [0.29, 0.717) is 17.9 Å². The molecule has 0 aromatic rings. The van der Waals surface area contributed by atoms with Crippen molar-refractivity contribution in [1.82, 2.24) is 4.90 Å². The van der Waals surface area contributed by atoms with E-state index in [1.165, 1.54) is 12.0 Å². The highest BCUT2D eigenvalue weighted by Gasteiger charge is 2.68. The van der Waals surface area contributed by atoms with Gasteiger partial charge in [-0.15, -0.1) is 0 Å². The molecule has 0 aromatic carbocycles. The number of hydrogen-bond donors (Lipinski definition) is 2. The number of aliphatic hydroxyl groups is 2. The molecule has 7 atom stereocenters. The van der Waals surface area contributed by atoms with Gasteiger partial charge in [-0.25, -0.2) is 0 Å². The van der Waals surface area contributed by atoms with Crippen LogP contribution in [0.25, 0.3) is 0 Å². The Morgan fingerprint density at radius 2 is 2.23 bits per heavy atom. The fourth-order valence-electron chi connectivity index (χ4n) is 6.39. The van der Waals surface area contributed by atoms with Gasteiger partial charge < -0.3 is 14.9 Å². The summed E-state index contributed by atoms with van der Waals surface area (Å²) < 4.78 is 6.44. The Morgan fingerprint density at radius 3 is 3.05 bits per heavy atom. The van der Waals surface area contributed by atoms with Crippen LogP contribution in [0.1, 0.15) is 25.7 Å². The first-order valence-corrected chi connectivity index (χ1v) is 8.72. The Morgan fingerprint density at radius 1 is 1.36 bits per heavy atom. The first kappa shape index (κ1) is 13.7. The van der Waals surface area contributed by atoms with Crippen LogP contribution < -0.4 is 0 Å². The fourth-order valence-corrected chi connectivity index (χ4v) is 6.39. The van der Waals surface area contributed by atoms with E-state index in [1.807, 2.05) is 0 Å². The van der Waals surface area contributed by atoms with Crippen molar-refractivity contribution >= 4 is 0 Å². The van der Waals surface area contributed by atoms with E-state index < -0.39 is 0 Å². The van der Waals surface area contributed by atoms with Crippen LogP contribution in [0.3, 0.4) is 0 Å². The molecular weight excluding hydrogens is 278 g/mol. The predicted octanol–water partition coefficient (Wildman–Crippen LogP) is 1.09. The first-order chi connectivity index (χ1) is 10.7. The van der Waals surface area contributed by atoms with Crippen molar-refractivity contribution in [3.63, 3.8) is 0 Å². The van der Waals surface area contributed by atoms with Gasteiger partial charge in [0.1, 0.15) is 0 Å². The van der Waals surface area contributed by atoms with Crippen LogP contribution >= 0.6 is 0 Å². The quantitative estimate of drug-likeness (QED) is 0.761. The molecule has 2 N–H and O–H groups in total. The van der Waals surface area contributed by atoms with Crippen molar-refractivity contribution in [2.45, 2.75) is 50.0 Å². The van der Waals surface area contributed by atoms with Crippen LogP contribution in [0.5, 0.6) is 0 Å². The predicted molar refractivity (Wildman–Crippen MR) is 82.2 cm³/mol. The number of aliphatic hydroxyl groups excluding tert-OH is 2. The summed E-state index contributed by atoms with van der Waals surface area (Å²) in [5, 5.41) is 20.3. The van der Waals surface area contributed by atoms with Crippen molar-refractivity contribution in [2.75, 3.05) is 20.2 Å². The maximum Gasteiger partial charge on any atom is 0.0913 e. The molecule has 2 aliphatic heterocycles. The molecular formula is C18H25NO3. The second kappa shape index (κ2) is 4.44. The zero-order chi connectivity index (χ0) is 15.1. The lowest BCUT2D eigenvalue weighted by Crippen LogP contribution is -2.61. The number of ether oxygens (including phenoxy) is 1. The van der Waals surface area contributed by atoms with Crippen LogP contribution in [0.2, 0.25) is 0 Å². The molecule has 0 amide bonds. The summed E-state index contributed by atoms with van der Waals surface area (Å²) in [6, 6.07) is 0.520. The summed E-state index contributed by atoms with van der Waals surface area (Å²) in [7, 11) is 2.24. The lowest BCUT2D eigenvalue weighted by molar-refractivity contribution is -0.0789. The summed E-state index contributed by atoms with van der Waals surface area (Å²) in [5.41, 5.74) is 2.56. The second-order valence-corrected chi connectivity index (χ2v) is 7.96. The van der Waals surface area contributed by atoms with Crippen molar-refractivity contribution < 1.29 is 14.9 Å². The smallest absolute Gasteiger partial charge is 0.0913 e. The van der Waals surface area contributed by atoms with Gasteiger partial charge in [0.05, 0.1) is 24.9 Å². The summed E-state index contributed by atoms with van der Waals surface area (Å²) in [5.74, 6) is 1.09. The first-order valence-electron chi connectivity index (χ1n) is 8.72. The molecule has 0 aromatic heterocycles. The number of likely N-dealkylation sites (N-methyl/N-ethyl adjacent to an activating group) is 1. The summed E-state index contributed by atoms with van der Waals surface area (Å²) in [6.45, 7) is 1.16. The molecule has 1 spiro atoms. The van der Waals surface area contributed by atoms with Crippen molar-refractivity contribution in [3.05, 3.63) is 23.3 Å². The molecule has 22 heavy (non-hydrogen) atoms. The topological polar surface area (TPSA) is 52.9 Å². The van der Waals surface area contributed by atoms with Crippen LogP contribution in [0.15, 0.2) is 23.3 Å². The summed E-state index contributed by atoms with van der Waals surface area (Å²) in [4.78, 5) is 2.50. The van der Waals surface area contributed by atoms with Crippen molar-refractivity contribution in [3.8, 4) is 0 Å². The van der Waals surface area contributed by atoms with Crippen LogP contribution in [-0.4, -0.2) is 59.7 Å². The van der Waals surface area contributed by atoms with Crippen LogP contribution in [-0.2, 0) is 4.74 Å². The molecule has 2 heterocycles. The van der Waals surface area contributed by atoms with E-state index >= 15 is 0 Å². The molecule has 5 rings (SSSR count). The van der Waals surface area contributed by atoms with Crippen molar-refractivity contribution in [2.24, 2.45) is 17.3 Å². The number of allylic oxidation sites excluding steroid dienone is 2. The van der Waals surface area contributed by atoms with E-state index in [-0.39, 0.29) is 30.3 Å². The third-order valence-electron chi connectivity index (χ3n) is 7.26. The molecule has 2 saturated carbocycles. The highest BCUT2D eigenvalue weighted by atomic mass is 16.5. The van der Waals surface area contributed by atoms with Gasteiger partial charge in [-0.3, -0.25) is 4.90 Å². The Labute approximate surface area is 131 Å². The van der Waals surface area contributed by atoms with Gasteiger partial charge in [0, 0.05) is 17.4 Å². The van der Waals surface area contributed by atoms with Gasteiger partial charge in [-0.05, 0) is 56.3 Å². The third kappa shape index (κ3) is 1.43. The van der Waals surface area contributed by atoms with E-state index in [2.05, 4.69) is 24.1 Å². The van der Waals surface area contributed by atoms with Gasteiger partial charge >= 0.3 is 0 Å². The van der Waals surface area contributed by atoms with E-state index in [9.17, 15) is 10.2 Å². The molecule has 3 aliphatic carbocycles.